The maximum Gasteiger partial charge on any atom is 0.0429 e. The van der Waals surface area contributed by atoms with Crippen LogP contribution in [0.4, 0.5) is 0 Å². The van der Waals surface area contributed by atoms with Crippen LogP contribution in [0.1, 0.15) is 17.5 Å². The van der Waals surface area contributed by atoms with Crippen molar-refractivity contribution in [1.82, 2.24) is 4.90 Å². The Kier molecular flexibility index (Phi) is 3.48. The Morgan fingerprint density at radius 3 is 2.41 bits per heavy atom. The molecular formula is C16H19N. The second kappa shape index (κ2) is 5.05. The zero-order valence-corrected chi connectivity index (χ0v) is 10.4. The van der Waals surface area contributed by atoms with Gasteiger partial charge in [0.1, 0.15) is 0 Å². The van der Waals surface area contributed by atoms with Crippen molar-refractivity contribution in [2.75, 3.05) is 7.05 Å². The third kappa shape index (κ3) is 2.33. The normalized spacial score (nSPS) is 20.2. The van der Waals surface area contributed by atoms with Crippen molar-refractivity contribution in [1.29, 1.82) is 0 Å². The largest absolute Gasteiger partial charge is 0.370 e. The van der Waals surface area contributed by atoms with Gasteiger partial charge in [-0.15, -0.1) is 0 Å². The highest BCUT2D eigenvalue weighted by atomic mass is 15.1. The van der Waals surface area contributed by atoms with E-state index in [1.165, 1.54) is 22.4 Å². The lowest BCUT2D eigenvalue weighted by molar-refractivity contribution is 0.414. The zero-order chi connectivity index (χ0) is 12.3. The average molecular weight is 225 g/mol. The first-order valence-corrected chi connectivity index (χ1v) is 6.02. The first-order valence-electron chi connectivity index (χ1n) is 6.02. The molecule has 1 aliphatic rings. The number of benzene rings is 1. The molecule has 0 saturated carbocycles. The molecule has 1 nitrogen and oxygen atoms in total. The van der Waals surface area contributed by atoms with Gasteiger partial charge in [-0.3, -0.25) is 0 Å². The highest BCUT2D eigenvalue weighted by Gasteiger charge is 2.13. The molecule has 0 N–H and O–H groups in total. The monoisotopic (exact) mass is 225 g/mol. The maximum atomic E-state index is 3.91. The molecule has 0 radical (unpaired) electrons. The molecule has 1 aromatic rings. The minimum atomic E-state index is 0.939. The highest BCUT2D eigenvalue weighted by molar-refractivity contribution is 5.36. The van der Waals surface area contributed by atoms with Crippen LogP contribution in [0.25, 0.3) is 0 Å². The Labute approximate surface area is 104 Å². The first kappa shape index (κ1) is 11.7. The molecule has 88 valence electrons. The van der Waals surface area contributed by atoms with Gasteiger partial charge in [-0.1, -0.05) is 43.5 Å². The van der Waals surface area contributed by atoms with Gasteiger partial charge in [-0.25, -0.2) is 0 Å². The Balaban J connectivity index is 2.41. The summed E-state index contributed by atoms with van der Waals surface area (Å²) < 4.78 is 0. The van der Waals surface area contributed by atoms with Gasteiger partial charge in [0.25, 0.3) is 0 Å². The van der Waals surface area contributed by atoms with Crippen LogP contribution in [0, 0.1) is 0 Å². The van der Waals surface area contributed by atoms with Crippen molar-refractivity contribution in [2.24, 2.45) is 0 Å². The van der Waals surface area contributed by atoms with Crippen LogP contribution < -0.4 is 0 Å². The number of allylic oxidation sites excluding steroid dienone is 3. The smallest absolute Gasteiger partial charge is 0.0429 e. The Bertz CT molecular complexity index is 468. The molecule has 0 bridgehead atoms. The average Bonchev–Trinajstić information content (AvgIpc) is 2.33. The molecule has 0 unspecified atom stereocenters. The van der Waals surface area contributed by atoms with Crippen LogP contribution in [-0.4, -0.2) is 11.9 Å². The van der Waals surface area contributed by atoms with Crippen LogP contribution >= 0.6 is 0 Å². The summed E-state index contributed by atoms with van der Waals surface area (Å²) in [6.45, 7) is 8.77. The molecule has 2 rings (SSSR count). The molecule has 1 heteroatoms. The summed E-state index contributed by atoms with van der Waals surface area (Å²) in [5.74, 6) is 0. The minimum Gasteiger partial charge on any atom is -0.370 e. The first-order chi connectivity index (χ1) is 8.26. The van der Waals surface area contributed by atoms with Crippen molar-refractivity contribution in [3.05, 3.63) is 72.0 Å². The second-order valence-corrected chi connectivity index (χ2v) is 4.44. The zero-order valence-electron chi connectivity index (χ0n) is 10.4. The molecule has 0 atom stereocenters. The predicted octanol–water partition coefficient (Wildman–Crippen LogP) is 3.69. The summed E-state index contributed by atoms with van der Waals surface area (Å²) in [7, 11) is 2.11. The number of fused-ring (bicyclic) bond motifs is 1. The summed E-state index contributed by atoms with van der Waals surface area (Å²) >= 11 is 0. The van der Waals surface area contributed by atoms with Crippen molar-refractivity contribution < 1.29 is 0 Å². The molecule has 0 aliphatic carbocycles. The summed E-state index contributed by atoms with van der Waals surface area (Å²) in [5.41, 5.74) is 5.35. The van der Waals surface area contributed by atoms with Crippen molar-refractivity contribution >= 4 is 0 Å². The van der Waals surface area contributed by atoms with E-state index in [1.807, 2.05) is 12.2 Å². The third-order valence-electron chi connectivity index (χ3n) is 3.37. The molecule has 17 heavy (non-hydrogen) atoms. The van der Waals surface area contributed by atoms with Crippen molar-refractivity contribution in [3.63, 3.8) is 0 Å². The fourth-order valence-electron chi connectivity index (χ4n) is 2.43. The minimum absolute atomic E-state index is 0.939. The molecule has 1 aliphatic heterocycles. The standard InChI is InChI=1S/C16H19N/c1-4-13-10-11-14-8-6-7-9-15(14)12-17(3)16(13)5-2/h4-9H,1-2,10-12H2,3H3/b16-13-. The van der Waals surface area contributed by atoms with Gasteiger partial charge in [0.05, 0.1) is 0 Å². The van der Waals surface area contributed by atoms with E-state index in [0.717, 1.165) is 19.4 Å². The van der Waals surface area contributed by atoms with E-state index in [4.69, 9.17) is 0 Å². The summed E-state index contributed by atoms with van der Waals surface area (Å²) in [6.07, 6.45) is 6.02. The predicted molar refractivity (Wildman–Crippen MR) is 73.7 cm³/mol. The fourth-order valence-corrected chi connectivity index (χ4v) is 2.43. The van der Waals surface area contributed by atoms with Crippen molar-refractivity contribution in [2.45, 2.75) is 19.4 Å². The number of aryl methyl sites for hydroxylation is 1. The summed E-state index contributed by atoms with van der Waals surface area (Å²) in [5, 5.41) is 0. The topological polar surface area (TPSA) is 3.24 Å². The number of rotatable bonds is 2. The molecule has 0 aromatic heterocycles. The van der Waals surface area contributed by atoms with Crippen LogP contribution in [0.15, 0.2) is 60.8 Å². The van der Waals surface area contributed by atoms with Crippen molar-refractivity contribution in [3.8, 4) is 0 Å². The molecule has 0 amide bonds. The number of hydrogen-bond donors (Lipinski definition) is 0. The van der Waals surface area contributed by atoms with Gasteiger partial charge < -0.3 is 4.90 Å². The van der Waals surface area contributed by atoms with Crippen LogP contribution in [0.2, 0.25) is 0 Å². The summed E-state index contributed by atoms with van der Waals surface area (Å²) in [6, 6.07) is 8.67. The molecule has 0 spiro atoms. The van der Waals surface area contributed by atoms with Gasteiger partial charge in [-0.2, -0.15) is 0 Å². The van der Waals surface area contributed by atoms with Gasteiger partial charge in [-0.05, 0) is 35.6 Å². The maximum absolute atomic E-state index is 3.91. The quantitative estimate of drug-likeness (QED) is 0.742. The van der Waals surface area contributed by atoms with E-state index in [1.54, 1.807) is 0 Å². The molecule has 0 saturated heterocycles. The molecule has 1 aromatic carbocycles. The fraction of sp³-hybridized carbons (Fsp3) is 0.250. The van der Waals surface area contributed by atoms with E-state index in [2.05, 4.69) is 49.4 Å². The Morgan fingerprint density at radius 2 is 1.76 bits per heavy atom. The number of hydrogen-bond acceptors (Lipinski definition) is 1. The van der Waals surface area contributed by atoms with Crippen LogP contribution in [0.5, 0.6) is 0 Å². The van der Waals surface area contributed by atoms with E-state index in [9.17, 15) is 0 Å². The number of nitrogens with zero attached hydrogens (tertiary/aromatic N) is 1. The molecular weight excluding hydrogens is 206 g/mol. The number of likely N-dealkylation sites (N-methyl/N-ethyl adjacent to an activating group) is 1. The van der Waals surface area contributed by atoms with Gasteiger partial charge in [0, 0.05) is 19.3 Å². The molecule has 1 heterocycles. The van der Waals surface area contributed by atoms with Gasteiger partial charge in [0.15, 0.2) is 0 Å². The lowest BCUT2D eigenvalue weighted by Crippen LogP contribution is -2.20. The lowest BCUT2D eigenvalue weighted by Gasteiger charge is -2.27. The van der Waals surface area contributed by atoms with E-state index in [0.29, 0.717) is 0 Å². The molecule has 0 fully saturated rings. The third-order valence-corrected chi connectivity index (χ3v) is 3.37. The lowest BCUT2D eigenvalue weighted by atomic mass is 9.96. The van der Waals surface area contributed by atoms with E-state index in [-0.39, 0.29) is 0 Å². The van der Waals surface area contributed by atoms with Crippen LogP contribution in [-0.2, 0) is 13.0 Å². The van der Waals surface area contributed by atoms with E-state index >= 15 is 0 Å². The summed E-state index contributed by atoms with van der Waals surface area (Å²) in [4.78, 5) is 2.25. The SMILES string of the molecule is C=C/C1=C(\C=C)N(C)Cc2ccccc2CC1. The Hall–Kier alpha value is -1.76. The van der Waals surface area contributed by atoms with E-state index < -0.39 is 0 Å². The highest BCUT2D eigenvalue weighted by Crippen LogP contribution is 2.24. The van der Waals surface area contributed by atoms with Crippen LogP contribution in [0.3, 0.4) is 0 Å². The second-order valence-electron chi connectivity index (χ2n) is 4.44. The Morgan fingerprint density at radius 1 is 1.06 bits per heavy atom. The van der Waals surface area contributed by atoms with Gasteiger partial charge >= 0.3 is 0 Å². The van der Waals surface area contributed by atoms with Gasteiger partial charge in [0.2, 0.25) is 0 Å².